The molecule has 0 bridgehead atoms. The van der Waals surface area contributed by atoms with Gasteiger partial charge in [0.15, 0.2) is 5.69 Å². The Labute approximate surface area is 174 Å². The molecule has 0 aliphatic heterocycles. The van der Waals surface area contributed by atoms with Crippen LogP contribution >= 0.6 is 0 Å². The molecule has 1 aromatic heterocycles. The summed E-state index contributed by atoms with van der Waals surface area (Å²) in [4.78, 5) is 11.2. The van der Waals surface area contributed by atoms with E-state index in [4.69, 9.17) is 9.11 Å². The van der Waals surface area contributed by atoms with Gasteiger partial charge in [-0.15, -0.1) is 10.2 Å². The van der Waals surface area contributed by atoms with E-state index >= 15 is 0 Å². The standard InChI is InChI=1S/C16H12N4O9S2/c21-15-13(9-1-5-11(6-2-9)30(24,25)26)14(16(22)23)18-20(15)19-17-10-3-7-12(8-4-10)31(27,28)29/h1-8,21H,(H,22,23)(H,24,25,26)(H,27,28,29). The SMILES string of the molecule is O=C(O)c1nn(N=Nc2ccc(S(=O)(=O)O)cc2)c(O)c1-c1ccc(S(=O)(=O)O)cc1. The Balaban J connectivity index is 2.00. The van der Waals surface area contributed by atoms with Gasteiger partial charge in [-0.2, -0.15) is 16.8 Å². The Morgan fingerprint density at radius 2 is 1.35 bits per heavy atom. The lowest BCUT2D eigenvalue weighted by atomic mass is 10.1. The fraction of sp³-hybridized carbons (Fsp3) is 0. The van der Waals surface area contributed by atoms with Gasteiger partial charge in [-0.25, -0.2) is 4.79 Å². The maximum Gasteiger partial charge on any atom is 0.357 e. The van der Waals surface area contributed by atoms with Crippen molar-refractivity contribution in [1.82, 2.24) is 9.89 Å². The molecular formula is C16H12N4O9S2. The average Bonchev–Trinajstić information content (AvgIpc) is 3.02. The van der Waals surface area contributed by atoms with E-state index in [0.717, 1.165) is 36.4 Å². The van der Waals surface area contributed by atoms with Crippen molar-refractivity contribution in [3.05, 3.63) is 54.2 Å². The Bertz CT molecular complexity index is 1390. The van der Waals surface area contributed by atoms with E-state index in [2.05, 4.69) is 15.4 Å². The molecule has 0 radical (unpaired) electrons. The third kappa shape index (κ3) is 4.75. The summed E-state index contributed by atoms with van der Waals surface area (Å²) >= 11 is 0. The third-order valence-corrected chi connectivity index (χ3v) is 5.60. The number of rotatable bonds is 6. The zero-order chi connectivity index (χ0) is 23.0. The molecule has 1 heterocycles. The minimum Gasteiger partial charge on any atom is -0.492 e. The van der Waals surface area contributed by atoms with E-state index in [1.165, 1.54) is 12.1 Å². The fourth-order valence-corrected chi connectivity index (χ4v) is 3.41. The van der Waals surface area contributed by atoms with Crippen LogP contribution in [0.15, 0.2) is 68.7 Å². The number of nitrogens with zero attached hydrogens (tertiary/aromatic N) is 4. The van der Waals surface area contributed by atoms with Crippen LogP contribution in [0.25, 0.3) is 11.1 Å². The molecule has 31 heavy (non-hydrogen) atoms. The van der Waals surface area contributed by atoms with Crippen molar-refractivity contribution in [2.24, 2.45) is 10.3 Å². The van der Waals surface area contributed by atoms with Crippen LogP contribution in [-0.4, -0.2) is 52.0 Å². The molecule has 0 amide bonds. The lowest BCUT2D eigenvalue weighted by Crippen LogP contribution is -2.01. The first-order valence-electron chi connectivity index (χ1n) is 8.00. The summed E-state index contributed by atoms with van der Waals surface area (Å²) in [5.41, 5.74) is -0.729. The molecule has 0 aliphatic carbocycles. The van der Waals surface area contributed by atoms with Crippen molar-refractivity contribution in [2.75, 3.05) is 0 Å². The van der Waals surface area contributed by atoms with E-state index < -0.39 is 42.7 Å². The number of benzene rings is 2. The molecule has 4 N–H and O–H groups in total. The molecule has 162 valence electrons. The summed E-state index contributed by atoms with van der Waals surface area (Å²) < 4.78 is 62.3. The Morgan fingerprint density at radius 1 is 0.871 bits per heavy atom. The van der Waals surface area contributed by atoms with Crippen LogP contribution in [0.1, 0.15) is 10.5 Å². The van der Waals surface area contributed by atoms with Crippen LogP contribution in [0.5, 0.6) is 5.88 Å². The number of hydrogen-bond donors (Lipinski definition) is 4. The summed E-state index contributed by atoms with van der Waals surface area (Å²) in [5.74, 6) is -2.24. The zero-order valence-electron chi connectivity index (χ0n) is 15.1. The van der Waals surface area contributed by atoms with Gasteiger partial charge in [0.2, 0.25) is 5.88 Å². The lowest BCUT2D eigenvalue weighted by molar-refractivity contribution is 0.0690. The van der Waals surface area contributed by atoms with Crippen molar-refractivity contribution < 1.29 is 40.9 Å². The largest absolute Gasteiger partial charge is 0.492 e. The lowest BCUT2D eigenvalue weighted by Gasteiger charge is -2.02. The highest BCUT2D eigenvalue weighted by molar-refractivity contribution is 7.86. The van der Waals surface area contributed by atoms with Crippen molar-refractivity contribution in [3.63, 3.8) is 0 Å². The van der Waals surface area contributed by atoms with Gasteiger partial charge < -0.3 is 10.2 Å². The monoisotopic (exact) mass is 468 g/mol. The summed E-state index contributed by atoms with van der Waals surface area (Å²) in [7, 11) is -8.87. The highest BCUT2D eigenvalue weighted by Crippen LogP contribution is 2.33. The molecule has 0 saturated carbocycles. The summed E-state index contributed by atoms with van der Waals surface area (Å²) in [6.07, 6.45) is 0. The topological polar surface area (TPSA) is 209 Å². The Morgan fingerprint density at radius 3 is 1.81 bits per heavy atom. The highest BCUT2D eigenvalue weighted by atomic mass is 32.2. The normalized spacial score (nSPS) is 12.3. The zero-order valence-corrected chi connectivity index (χ0v) is 16.7. The maximum absolute atomic E-state index is 11.5. The van der Waals surface area contributed by atoms with Gasteiger partial charge in [-0.1, -0.05) is 16.9 Å². The molecule has 0 atom stereocenters. The number of aromatic hydroxyl groups is 1. The molecule has 15 heteroatoms. The van der Waals surface area contributed by atoms with Crippen molar-refractivity contribution >= 4 is 31.9 Å². The van der Waals surface area contributed by atoms with Crippen LogP contribution in [0.2, 0.25) is 0 Å². The maximum atomic E-state index is 11.5. The summed E-state index contributed by atoms with van der Waals surface area (Å²) in [5, 5.41) is 30.7. The van der Waals surface area contributed by atoms with Gasteiger partial charge in [0, 0.05) is 0 Å². The minimum atomic E-state index is -4.47. The highest BCUT2D eigenvalue weighted by Gasteiger charge is 2.24. The molecule has 0 aliphatic rings. The number of hydrogen-bond acceptors (Lipinski definition) is 9. The van der Waals surface area contributed by atoms with Crippen LogP contribution < -0.4 is 0 Å². The van der Waals surface area contributed by atoms with Gasteiger partial charge in [0.1, 0.15) is 0 Å². The van der Waals surface area contributed by atoms with E-state index in [1.807, 2.05) is 0 Å². The van der Waals surface area contributed by atoms with Crippen LogP contribution in [0, 0.1) is 0 Å². The van der Waals surface area contributed by atoms with Gasteiger partial charge in [0.25, 0.3) is 20.2 Å². The van der Waals surface area contributed by atoms with E-state index in [1.54, 1.807) is 0 Å². The number of aromatic carboxylic acids is 1. The van der Waals surface area contributed by atoms with Crippen molar-refractivity contribution in [1.29, 1.82) is 0 Å². The predicted octanol–water partition coefficient (Wildman–Crippen LogP) is 1.99. The summed E-state index contributed by atoms with van der Waals surface area (Å²) in [6, 6.07) is 8.82. The Hall–Kier alpha value is -3.66. The second-order valence-electron chi connectivity index (χ2n) is 5.90. The molecule has 0 spiro atoms. The van der Waals surface area contributed by atoms with Crippen molar-refractivity contribution in [3.8, 4) is 17.0 Å². The molecule has 3 aromatic rings. The number of aromatic nitrogens is 2. The van der Waals surface area contributed by atoms with Gasteiger partial charge >= 0.3 is 5.97 Å². The first-order valence-corrected chi connectivity index (χ1v) is 10.9. The molecule has 3 rings (SSSR count). The van der Waals surface area contributed by atoms with Gasteiger partial charge in [-0.05, 0) is 47.2 Å². The van der Waals surface area contributed by atoms with Crippen LogP contribution in [-0.2, 0) is 20.2 Å². The first-order chi connectivity index (χ1) is 14.4. The predicted molar refractivity (Wildman–Crippen MR) is 102 cm³/mol. The molecule has 0 fully saturated rings. The molecule has 2 aromatic carbocycles. The van der Waals surface area contributed by atoms with E-state index in [0.29, 0.717) is 4.79 Å². The summed E-state index contributed by atoms with van der Waals surface area (Å²) in [6.45, 7) is 0. The first kappa shape index (κ1) is 22.0. The van der Waals surface area contributed by atoms with Gasteiger partial charge in [0.05, 0.1) is 21.0 Å². The van der Waals surface area contributed by atoms with E-state index in [9.17, 15) is 31.8 Å². The number of carboxylic acid groups (broad SMARTS) is 1. The second kappa shape index (κ2) is 7.88. The number of carbonyl (C=O) groups is 1. The van der Waals surface area contributed by atoms with Crippen molar-refractivity contribution in [2.45, 2.75) is 9.79 Å². The third-order valence-electron chi connectivity index (χ3n) is 3.87. The van der Waals surface area contributed by atoms with Crippen LogP contribution in [0.3, 0.4) is 0 Å². The Kier molecular flexibility index (Phi) is 5.60. The molecule has 0 unspecified atom stereocenters. The molecular weight excluding hydrogens is 456 g/mol. The number of carboxylic acids is 1. The average molecular weight is 468 g/mol. The molecule has 13 nitrogen and oxygen atoms in total. The van der Waals surface area contributed by atoms with E-state index in [-0.39, 0.29) is 21.7 Å². The smallest absolute Gasteiger partial charge is 0.357 e. The fourth-order valence-electron chi connectivity index (χ4n) is 2.45. The van der Waals surface area contributed by atoms with Gasteiger partial charge in [-0.3, -0.25) is 9.11 Å². The quantitative estimate of drug-likeness (QED) is 0.305. The second-order valence-corrected chi connectivity index (χ2v) is 8.74. The van der Waals surface area contributed by atoms with Crippen LogP contribution in [0.4, 0.5) is 5.69 Å². The molecule has 0 saturated heterocycles. The minimum absolute atomic E-state index is 0.0706.